The number of alkyl halides is 1. The maximum atomic E-state index is 12.5. The van der Waals surface area contributed by atoms with Crippen LogP contribution in [0.4, 0.5) is 0 Å². The summed E-state index contributed by atoms with van der Waals surface area (Å²) < 4.78 is 32.8. The van der Waals surface area contributed by atoms with Gasteiger partial charge in [0.2, 0.25) is 10.0 Å². The van der Waals surface area contributed by atoms with E-state index < -0.39 is 10.0 Å². The molecule has 1 aromatic heterocycles. The Morgan fingerprint density at radius 3 is 2.84 bits per heavy atom. The fourth-order valence-electron chi connectivity index (χ4n) is 1.97. The molecule has 0 N–H and O–H groups in total. The Balaban J connectivity index is 2.29. The largest absolute Gasteiger partial charge is 0.372 e. The zero-order valence-corrected chi connectivity index (χ0v) is 14.3. The Bertz CT molecular complexity index is 553. The lowest BCUT2D eigenvalue weighted by Gasteiger charge is -2.35. The van der Waals surface area contributed by atoms with Crippen LogP contribution in [0.15, 0.2) is 27.8 Å². The van der Waals surface area contributed by atoms with Gasteiger partial charge in [0, 0.05) is 35.3 Å². The smallest absolute Gasteiger partial charge is 0.244 e. The first-order valence-corrected chi connectivity index (χ1v) is 9.11. The summed E-state index contributed by atoms with van der Waals surface area (Å²) in [5, 5.41) is 0.611. The van der Waals surface area contributed by atoms with Gasteiger partial charge in [-0.15, -0.1) is 0 Å². The quantitative estimate of drug-likeness (QED) is 0.711. The minimum atomic E-state index is -3.52. The van der Waals surface area contributed by atoms with Crippen molar-refractivity contribution in [3.05, 3.63) is 22.9 Å². The molecule has 1 saturated heterocycles. The molecule has 1 fully saturated rings. The molecule has 19 heavy (non-hydrogen) atoms. The van der Waals surface area contributed by atoms with Gasteiger partial charge in [0.15, 0.2) is 0 Å². The molecule has 1 aliphatic rings. The van der Waals surface area contributed by atoms with Gasteiger partial charge in [-0.05, 0) is 28.9 Å². The highest BCUT2D eigenvalue weighted by Gasteiger charge is 2.33. The number of sulfonamides is 1. The van der Waals surface area contributed by atoms with E-state index in [1.54, 1.807) is 12.3 Å². The highest BCUT2D eigenvalue weighted by Crippen LogP contribution is 2.23. The SMILES string of the molecule is CC1CN(S(=O)(=O)c2cncc(Br)c2)CC(CBr)O1. The van der Waals surface area contributed by atoms with Gasteiger partial charge in [0.25, 0.3) is 0 Å². The lowest BCUT2D eigenvalue weighted by Crippen LogP contribution is -2.49. The number of hydrogen-bond donors (Lipinski definition) is 0. The number of nitrogens with zero attached hydrogens (tertiary/aromatic N) is 2. The number of rotatable bonds is 3. The molecule has 0 aromatic carbocycles. The van der Waals surface area contributed by atoms with E-state index in [9.17, 15) is 8.42 Å². The lowest BCUT2D eigenvalue weighted by atomic mass is 10.3. The highest BCUT2D eigenvalue weighted by atomic mass is 79.9. The van der Waals surface area contributed by atoms with Crippen molar-refractivity contribution in [3.63, 3.8) is 0 Å². The van der Waals surface area contributed by atoms with Crippen molar-refractivity contribution >= 4 is 41.9 Å². The van der Waals surface area contributed by atoms with Gasteiger partial charge in [0.05, 0.1) is 12.2 Å². The number of aromatic nitrogens is 1. The average molecular weight is 414 g/mol. The number of halogens is 2. The summed E-state index contributed by atoms with van der Waals surface area (Å²) in [6, 6.07) is 1.56. The van der Waals surface area contributed by atoms with E-state index in [0.29, 0.717) is 22.9 Å². The zero-order chi connectivity index (χ0) is 14.0. The van der Waals surface area contributed by atoms with Crippen molar-refractivity contribution in [1.29, 1.82) is 0 Å². The summed E-state index contributed by atoms with van der Waals surface area (Å²) in [4.78, 5) is 4.11. The maximum absolute atomic E-state index is 12.5. The third-order valence-electron chi connectivity index (χ3n) is 2.78. The monoisotopic (exact) mass is 412 g/mol. The van der Waals surface area contributed by atoms with Crippen LogP contribution in [0.1, 0.15) is 6.92 Å². The van der Waals surface area contributed by atoms with Crippen LogP contribution in [0.2, 0.25) is 0 Å². The van der Waals surface area contributed by atoms with Gasteiger partial charge >= 0.3 is 0 Å². The van der Waals surface area contributed by atoms with Crippen LogP contribution in [-0.2, 0) is 14.8 Å². The Kier molecular flexibility index (Phi) is 4.99. The van der Waals surface area contributed by atoms with Crippen LogP contribution >= 0.6 is 31.9 Å². The first-order chi connectivity index (χ1) is 8.93. The van der Waals surface area contributed by atoms with E-state index in [4.69, 9.17) is 4.74 Å². The molecule has 1 aromatic rings. The third kappa shape index (κ3) is 3.55. The number of pyridine rings is 1. The molecule has 5 nitrogen and oxygen atoms in total. The second-order valence-corrected chi connectivity index (χ2v) is 7.88. The number of hydrogen-bond acceptors (Lipinski definition) is 4. The molecule has 2 atom stereocenters. The fraction of sp³-hybridized carbons (Fsp3) is 0.545. The zero-order valence-electron chi connectivity index (χ0n) is 10.3. The van der Waals surface area contributed by atoms with Crippen LogP contribution in [0.5, 0.6) is 0 Å². The Morgan fingerprint density at radius 1 is 1.47 bits per heavy atom. The summed E-state index contributed by atoms with van der Waals surface area (Å²) in [5.74, 6) is 0. The molecular weight excluding hydrogens is 400 g/mol. The van der Waals surface area contributed by atoms with Crippen LogP contribution in [0, 0.1) is 0 Å². The molecule has 0 radical (unpaired) electrons. The molecule has 1 aliphatic heterocycles. The minimum absolute atomic E-state index is 0.119. The van der Waals surface area contributed by atoms with Gasteiger partial charge in [0.1, 0.15) is 4.90 Å². The molecule has 2 unspecified atom stereocenters. The van der Waals surface area contributed by atoms with Crippen molar-refractivity contribution < 1.29 is 13.2 Å². The number of ether oxygens (including phenoxy) is 1. The molecule has 2 rings (SSSR count). The molecule has 0 bridgehead atoms. The maximum Gasteiger partial charge on any atom is 0.244 e. The van der Waals surface area contributed by atoms with Crippen molar-refractivity contribution in [2.75, 3.05) is 18.4 Å². The van der Waals surface area contributed by atoms with Crippen LogP contribution < -0.4 is 0 Å². The average Bonchev–Trinajstić information content (AvgIpc) is 2.38. The molecule has 0 aliphatic carbocycles. The van der Waals surface area contributed by atoms with Crippen molar-refractivity contribution in [3.8, 4) is 0 Å². The first-order valence-electron chi connectivity index (χ1n) is 5.75. The van der Waals surface area contributed by atoms with Gasteiger partial charge < -0.3 is 4.74 Å². The predicted molar refractivity (Wildman–Crippen MR) is 78.8 cm³/mol. The summed E-state index contributed by atoms with van der Waals surface area (Å²) in [5.41, 5.74) is 0. The van der Waals surface area contributed by atoms with Gasteiger partial charge in [-0.1, -0.05) is 15.9 Å². The molecule has 0 saturated carbocycles. The first kappa shape index (κ1) is 15.4. The second kappa shape index (κ2) is 6.17. The van der Waals surface area contributed by atoms with E-state index >= 15 is 0 Å². The van der Waals surface area contributed by atoms with Gasteiger partial charge in [-0.25, -0.2) is 8.42 Å². The molecule has 0 spiro atoms. The van der Waals surface area contributed by atoms with Crippen molar-refractivity contribution in [2.24, 2.45) is 0 Å². The molecular formula is C11H14Br2N2O3S. The third-order valence-corrected chi connectivity index (χ3v) is 5.74. The molecule has 0 amide bonds. The van der Waals surface area contributed by atoms with Crippen LogP contribution in [0.25, 0.3) is 0 Å². The van der Waals surface area contributed by atoms with Crippen molar-refractivity contribution in [2.45, 2.75) is 24.0 Å². The fourth-order valence-corrected chi connectivity index (χ4v) is 4.38. The van der Waals surface area contributed by atoms with E-state index in [-0.39, 0.29) is 17.1 Å². The highest BCUT2D eigenvalue weighted by molar-refractivity contribution is 9.10. The van der Waals surface area contributed by atoms with E-state index in [1.807, 2.05) is 6.92 Å². The standard InChI is InChI=1S/C11H14Br2N2O3S/c1-8-6-15(7-10(3-12)18-8)19(16,17)11-2-9(13)4-14-5-11/h2,4-5,8,10H,3,6-7H2,1H3. The minimum Gasteiger partial charge on any atom is -0.372 e. The van der Waals surface area contributed by atoms with E-state index in [0.717, 1.165) is 0 Å². The second-order valence-electron chi connectivity index (χ2n) is 4.38. The molecule has 8 heteroatoms. The number of morpholine rings is 1. The molecule has 106 valence electrons. The summed E-state index contributed by atoms with van der Waals surface area (Å²) in [6.07, 6.45) is 2.68. The normalized spacial score (nSPS) is 25.4. The Hall–Kier alpha value is -0.0200. The topological polar surface area (TPSA) is 59.5 Å². The van der Waals surface area contributed by atoms with Crippen LogP contribution in [-0.4, -0.2) is 48.3 Å². The Labute approximate surface area is 129 Å². The van der Waals surface area contributed by atoms with Gasteiger partial charge in [-0.3, -0.25) is 4.98 Å². The van der Waals surface area contributed by atoms with E-state index in [1.165, 1.54) is 10.5 Å². The van der Waals surface area contributed by atoms with Crippen molar-refractivity contribution in [1.82, 2.24) is 9.29 Å². The summed E-state index contributed by atoms with van der Waals surface area (Å²) in [6.45, 7) is 2.58. The predicted octanol–water partition coefficient (Wildman–Crippen LogP) is 2.02. The van der Waals surface area contributed by atoms with E-state index in [2.05, 4.69) is 36.8 Å². The van der Waals surface area contributed by atoms with Crippen LogP contribution in [0.3, 0.4) is 0 Å². The lowest BCUT2D eigenvalue weighted by molar-refractivity contribution is -0.0411. The Morgan fingerprint density at radius 2 is 2.21 bits per heavy atom. The molecule has 2 heterocycles. The summed E-state index contributed by atoms with van der Waals surface area (Å²) >= 11 is 6.57. The summed E-state index contributed by atoms with van der Waals surface area (Å²) in [7, 11) is -3.52. The van der Waals surface area contributed by atoms with Gasteiger partial charge in [-0.2, -0.15) is 4.31 Å².